The number of carbonyl (C=O) groups is 2. The summed E-state index contributed by atoms with van der Waals surface area (Å²) in [5, 5.41) is 11.4. The number of hydrogen-bond acceptors (Lipinski definition) is 5. The predicted molar refractivity (Wildman–Crippen MR) is 70.5 cm³/mol. The molecule has 0 saturated heterocycles. The molecule has 2 N–H and O–H groups in total. The number of aromatic nitrogens is 1. The lowest BCUT2D eigenvalue weighted by molar-refractivity contribution is -0.139. The molecule has 0 spiro atoms. The van der Waals surface area contributed by atoms with Gasteiger partial charge in [0.15, 0.2) is 6.04 Å². The third-order valence-electron chi connectivity index (χ3n) is 2.20. The molecule has 110 valence electrons. The molecule has 1 aromatic rings. The summed E-state index contributed by atoms with van der Waals surface area (Å²) in [4.78, 5) is 26.8. The zero-order valence-corrected chi connectivity index (χ0v) is 11.8. The van der Waals surface area contributed by atoms with Gasteiger partial charge in [0.1, 0.15) is 11.4 Å². The molecule has 7 heteroatoms. The first-order chi connectivity index (χ1) is 9.23. The van der Waals surface area contributed by atoms with E-state index in [1.54, 1.807) is 26.8 Å². The van der Waals surface area contributed by atoms with E-state index in [0.29, 0.717) is 5.75 Å². The fourth-order valence-electron chi connectivity index (χ4n) is 1.37. The maximum absolute atomic E-state index is 11.6. The molecule has 0 radical (unpaired) electrons. The molecule has 1 rings (SSSR count). The summed E-state index contributed by atoms with van der Waals surface area (Å²) in [7, 11) is 1.48. The normalized spacial score (nSPS) is 12.4. The lowest BCUT2D eigenvalue weighted by Gasteiger charge is -2.21. The Hall–Kier alpha value is -2.31. The number of rotatable bonds is 4. The van der Waals surface area contributed by atoms with Crippen molar-refractivity contribution in [3.05, 3.63) is 24.0 Å². The van der Waals surface area contributed by atoms with Crippen LogP contribution in [0.5, 0.6) is 5.75 Å². The largest absolute Gasteiger partial charge is 0.495 e. The Morgan fingerprint density at radius 1 is 1.35 bits per heavy atom. The van der Waals surface area contributed by atoms with Gasteiger partial charge in [-0.15, -0.1) is 0 Å². The molecule has 0 fully saturated rings. The third-order valence-corrected chi connectivity index (χ3v) is 2.20. The quantitative estimate of drug-likeness (QED) is 0.873. The number of hydrogen-bond donors (Lipinski definition) is 2. The van der Waals surface area contributed by atoms with Crippen molar-refractivity contribution in [2.24, 2.45) is 0 Å². The first kappa shape index (κ1) is 15.7. The molecule has 0 aliphatic heterocycles. The van der Waals surface area contributed by atoms with E-state index in [0.717, 1.165) is 0 Å². The molecule has 1 heterocycles. The Labute approximate surface area is 116 Å². The van der Waals surface area contributed by atoms with Gasteiger partial charge in [-0.05, 0) is 32.9 Å². The van der Waals surface area contributed by atoms with Gasteiger partial charge in [0.25, 0.3) is 0 Å². The zero-order valence-electron chi connectivity index (χ0n) is 11.8. The third kappa shape index (κ3) is 4.75. The zero-order chi connectivity index (χ0) is 15.3. The van der Waals surface area contributed by atoms with Crippen LogP contribution in [0.15, 0.2) is 18.3 Å². The maximum Gasteiger partial charge on any atom is 0.408 e. The number of carboxylic acids is 1. The number of methoxy groups -OCH3 is 1. The number of nitrogens with zero attached hydrogens (tertiary/aromatic N) is 1. The van der Waals surface area contributed by atoms with E-state index in [4.69, 9.17) is 14.6 Å². The summed E-state index contributed by atoms with van der Waals surface area (Å²) in [5.41, 5.74) is -0.523. The minimum Gasteiger partial charge on any atom is -0.495 e. The predicted octanol–water partition coefficient (Wildman–Crippen LogP) is 1.74. The minimum atomic E-state index is -1.28. The van der Waals surface area contributed by atoms with Gasteiger partial charge in [-0.25, -0.2) is 9.59 Å². The summed E-state index contributed by atoms with van der Waals surface area (Å²) in [5.74, 6) is -0.733. The maximum atomic E-state index is 11.6. The van der Waals surface area contributed by atoms with Crippen LogP contribution in [0.1, 0.15) is 32.5 Å². The second-order valence-electron chi connectivity index (χ2n) is 5.04. The summed E-state index contributed by atoms with van der Waals surface area (Å²) >= 11 is 0. The minimum absolute atomic E-state index is 0.184. The number of carboxylic acid groups (broad SMARTS) is 1. The molecule has 0 saturated carbocycles. The van der Waals surface area contributed by atoms with Crippen molar-refractivity contribution in [1.29, 1.82) is 0 Å². The molecule has 1 amide bonds. The average molecular weight is 282 g/mol. The van der Waals surface area contributed by atoms with Gasteiger partial charge in [-0.3, -0.25) is 4.98 Å². The van der Waals surface area contributed by atoms with Crippen molar-refractivity contribution >= 4 is 12.1 Å². The van der Waals surface area contributed by atoms with E-state index < -0.39 is 23.7 Å². The highest BCUT2D eigenvalue weighted by Gasteiger charge is 2.26. The number of ether oxygens (including phenoxy) is 2. The molecule has 0 aromatic carbocycles. The highest BCUT2D eigenvalue weighted by atomic mass is 16.6. The van der Waals surface area contributed by atoms with Crippen LogP contribution >= 0.6 is 0 Å². The van der Waals surface area contributed by atoms with Gasteiger partial charge < -0.3 is 19.9 Å². The van der Waals surface area contributed by atoms with Gasteiger partial charge in [-0.2, -0.15) is 0 Å². The molecular formula is C13H18N2O5. The van der Waals surface area contributed by atoms with Crippen LogP contribution in [0.3, 0.4) is 0 Å². The smallest absolute Gasteiger partial charge is 0.408 e. The number of nitrogens with one attached hydrogen (secondary N) is 1. The van der Waals surface area contributed by atoms with Crippen LogP contribution in [-0.4, -0.2) is 34.9 Å². The Morgan fingerprint density at radius 3 is 2.40 bits per heavy atom. The van der Waals surface area contributed by atoms with E-state index in [1.807, 2.05) is 0 Å². The molecule has 0 aliphatic carbocycles. The molecule has 0 aliphatic rings. The molecule has 20 heavy (non-hydrogen) atoms. The topological polar surface area (TPSA) is 97.8 Å². The van der Waals surface area contributed by atoms with E-state index >= 15 is 0 Å². The first-order valence-corrected chi connectivity index (χ1v) is 5.95. The molecule has 0 bridgehead atoms. The van der Waals surface area contributed by atoms with E-state index in [9.17, 15) is 9.59 Å². The van der Waals surface area contributed by atoms with Gasteiger partial charge in [0.05, 0.1) is 19.0 Å². The number of amides is 1. The summed E-state index contributed by atoms with van der Waals surface area (Å²) in [6, 6.07) is 1.75. The summed E-state index contributed by atoms with van der Waals surface area (Å²) in [6.45, 7) is 5.07. The van der Waals surface area contributed by atoms with Crippen molar-refractivity contribution in [3.8, 4) is 5.75 Å². The fourth-order valence-corrected chi connectivity index (χ4v) is 1.37. The van der Waals surface area contributed by atoms with Crippen molar-refractivity contribution in [2.45, 2.75) is 32.4 Å². The Balaban J connectivity index is 2.83. The van der Waals surface area contributed by atoms with Gasteiger partial charge in [-0.1, -0.05) is 0 Å². The molecular weight excluding hydrogens is 264 g/mol. The standard InChI is InChI=1S/C13H18N2O5/c1-13(2,3)20-12(18)15-10(11(16)17)9-6-5-8(19-4)7-14-9/h5-7,10H,1-4H3,(H,15,18)(H,16,17). The van der Waals surface area contributed by atoms with Crippen LogP contribution in [0, 0.1) is 0 Å². The van der Waals surface area contributed by atoms with Crippen LogP contribution in [0.4, 0.5) is 4.79 Å². The van der Waals surface area contributed by atoms with Crippen LogP contribution in [0.2, 0.25) is 0 Å². The van der Waals surface area contributed by atoms with Crippen molar-refractivity contribution in [2.75, 3.05) is 7.11 Å². The van der Waals surface area contributed by atoms with Gasteiger partial charge in [0, 0.05) is 0 Å². The molecule has 1 aromatic heterocycles. The first-order valence-electron chi connectivity index (χ1n) is 5.95. The summed E-state index contributed by atoms with van der Waals surface area (Å²) in [6.07, 6.45) is 0.560. The number of carbonyl (C=O) groups excluding carboxylic acids is 1. The van der Waals surface area contributed by atoms with Crippen LogP contribution in [-0.2, 0) is 9.53 Å². The fraction of sp³-hybridized carbons (Fsp3) is 0.462. The number of pyridine rings is 1. The SMILES string of the molecule is COc1ccc(C(NC(=O)OC(C)(C)C)C(=O)O)nc1. The second kappa shape index (κ2) is 6.23. The molecule has 7 nitrogen and oxygen atoms in total. The van der Waals surface area contributed by atoms with E-state index in [1.165, 1.54) is 19.4 Å². The number of aliphatic carboxylic acids is 1. The average Bonchev–Trinajstić information content (AvgIpc) is 2.34. The summed E-state index contributed by atoms with van der Waals surface area (Å²) < 4.78 is 9.95. The Kier molecular flexibility index (Phi) is 4.90. The molecule has 1 unspecified atom stereocenters. The van der Waals surface area contributed by atoms with Gasteiger partial charge >= 0.3 is 12.1 Å². The van der Waals surface area contributed by atoms with E-state index in [2.05, 4.69) is 10.3 Å². The Bertz CT molecular complexity index is 479. The highest BCUT2D eigenvalue weighted by molar-refractivity contribution is 5.81. The van der Waals surface area contributed by atoms with Crippen LogP contribution < -0.4 is 10.1 Å². The van der Waals surface area contributed by atoms with Crippen molar-refractivity contribution in [1.82, 2.24) is 10.3 Å². The number of alkyl carbamates (subject to hydrolysis) is 1. The lowest BCUT2D eigenvalue weighted by atomic mass is 10.2. The molecule has 1 atom stereocenters. The van der Waals surface area contributed by atoms with E-state index in [-0.39, 0.29) is 5.69 Å². The van der Waals surface area contributed by atoms with Crippen LogP contribution in [0.25, 0.3) is 0 Å². The highest BCUT2D eigenvalue weighted by Crippen LogP contribution is 2.16. The monoisotopic (exact) mass is 282 g/mol. The van der Waals surface area contributed by atoms with Crippen molar-refractivity contribution < 1.29 is 24.2 Å². The Morgan fingerprint density at radius 2 is 2.00 bits per heavy atom. The second-order valence-corrected chi connectivity index (χ2v) is 5.04. The van der Waals surface area contributed by atoms with Gasteiger partial charge in [0.2, 0.25) is 0 Å². The lowest BCUT2D eigenvalue weighted by Crippen LogP contribution is -2.38. The van der Waals surface area contributed by atoms with Crippen molar-refractivity contribution in [3.63, 3.8) is 0 Å².